The maximum atomic E-state index is 4.66. The molecule has 3 atom stereocenters. The summed E-state index contributed by atoms with van der Waals surface area (Å²) in [6.07, 6.45) is 5.88. The second-order valence-corrected chi connectivity index (χ2v) is 6.39. The van der Waals surface area contributed by atoms with Gasteiger partial charge in [0, 0.05) is 23.6 Å². The summed E-state index contributed by atoms with van der Waals surface area (Å²) in [7, 11) is 0. The van der Waals surface area contributed by atoms with Gasteiger partial charge in [-0.1, -0.05) is 23.8 Å². The molecular weight excluding hydrogens is 246 g/mol. The van der Waals surface area contributed by atoms with Crippen LogP contribution in [0.2, 0.25) is 0 Å². The average molecular weight is 267 g/mol. The lowest BCUT2D eigenvalue weighted by molar-refractivity contribution is 0.490. The number of aromatic amines is 1. The van der Waals surface area contributed by atoms with Gasteiger partial charge in [0.15, 0.2) is 0 Å². The number of aromatic nitrogens is 2. The SMILES string of the molecule is Cc1ccc(-c2cnc(C3CC4CCC3N4)[nH]2)c(C)c1. The Balaban J connectivity index is 1.65. The van der Waals surface area contributed by atoms with Crippen LogP contribution in [0, 0.1) is 13.8 Å². The number of benzene rings is 1. The van der Waals surface area contributed by atoms with E-state index in [1.807, 2.05) is 6.20 Å². The van der Waals surface area contributed by atoms with Gasteiger partial charge in [-0.15, -0.1) is 0 Å². The number of hydrogen-bond acceptors (Lipinski definition) is 2. The van der Waals surface area contributed by atoms with Crippen LogP contribution < -0.4 is 5.32 Å². The van der Waals surface area contributed by atoms with E-state index >= 15 is 0 Å². The van der Waals surface area contributed by atoms with Gasteiger partial charge < -0.3 is 10.3 Å². The van der Waals surface area contributed by atoms with Gasteiger partial charge in [0.05, 0.1) is 11.9 Å². The predicted octanol–water partition coefficient (Wildman–Crippen LogP) is 3.30. The zero-order valence-electron chi connectivity index (χ0n) is 12.1. The van der Waals surface area contributed by atoms with E-state index in [0.29, 0.717) is 12.0 Å². The largest absolute Gasteiger partial charge is 0.342 e. The molecule has 2 saturated heterocycles. The third kappa shape index (κ3) is 1.88. The lowest BCUT2D eigenvalue weighted by atomic mass is 9.89. The van der Waals surface area contributed by atoms with Gasteiger partial charge in [-0.05, 0) is 38.7 Å². The fourth-order valence-electron chi connectivity index (χ4n) is 3.90. The Labute approximate surface area is 119 Å². The highest BCUT2D eigenvalue weighted by Crippen LogP contribution is 2.39. The van der Waals surface area contributed by atoms with Crippen molar-refractivity contribution >= 4 is 0 Å². The Kier molecular flexibility index (Phi) is 2.71. The van der Waals surface area contributed by atoms with Gasteiger partial charge in [0.25, 0.3) is 0 Å². The van der Waals surface area contributed by atoms with Crippen LogP contribution in [0.5, 0.6) is 0 Å². The number of hydrogen-bond donors (Lipinski definition) is 2. The van der Waals surface area contributed by atoms with Crippen LogP contribution in [-0.2, 0) is 0 Å². The summed E-state index contributed by atoms with van der Waals surface area (Å²) >= 11 is 0. The number of aryl methyl sites for hydroxylation is 2. The first-order valence-electron chi connectivity index (χ1n) is 7.59. The van der Waals surface area contributed by atoms with Gasteiger partial charge in [0.1, 0.15) is 5.82 Å². The fraction of sp³-hybridized carbons (Fsp3) is 0.471. The van der Waals surface area contributed by atoms with Crippen LogP contribution in [0.3, 0.4) is 0 Å². The number of rotatable bonds is 2. The number of imidazole rings is 1. The van der Waals surface area contributed by atoms with Gasteiger partial charge in [0.2, 0.25) is 0 Å². The van der Waals surface area contributed by atoms with Crippen molar-refractivity contribution in [2.24, 2.45) is 0 Å². The van der Waals surface area contributed by atoms with E-state index in [9.17, 15) is 0 Å². The fourth-order valence-corrected chi connectivity index (χ4v) is 3.90. The Morgan fingerprint density at radius 1 is 1.20 bits per heavy atom. The minimum absolute atomic E-state index is 0.577. The molecule has 0 spiro atoms. The zero-order valence-corrected chi connectivity index (χ0v) is 12.1. The predicted molar refractivity (Wildman–Crippen MR) is 80.8 cm³/mol. The van der Waals surface area contributed by atoms with E-state index in [2.05, 4.69) is 47.3 Å². The van der Waals surface area contributed by atoms with E-state index < -0.39 is 0 Å². The molecule has 0 saturated carbocycles. The molecule has 20 heavy (non-hydrogen) atoms. The minimum Gasteiger partial charge on any atom is -0.342 e. The number of nitrogens with zero attached hydrogens (tertiary/aromatic N) is 1. The van der Waals surface area contributed by atoms with Crippen LogP contribution in [0.15, 0.2) is 24.4 Å². The molecule has 2 bridgehead atoms. The molecule has 104 valence electrons. The highest BCUT2D eigenvalue weighted by molar-refractivity contribution is 5.63. The van der Waals surface area contributed by atoms with E-state index in [1.54, 1.807) is 0 Å². The first kappa shape index (κ1) is 12.2. The van der Waals surface area contributed by atoms with E-state index in [-0.39, 0.29) is 0 Å². The lowest BCUT2D eigenvalue weighted by Gasteiger charge is -2.17. The molecular formula is C17H21N3. The van der Waals surface area contributed by atoms with Crippen LogP contribution >= 0.6 is 0 Å². The van der Waals surface area contributed by atoms with E-state index in [1.165, 1.54) is 41.8 Å². The lowest BCUT2D eigenvalue weighted by Crippen LogP contribution is -2.22. The highest BCUT2D eigenvalue weighted by atomic mass is 15.1. The number of nitrogens with one attached hydrogen (secondary N) is 2. The summed E-state index contributed by atoms with van der Waals surface area (Å²) in [6, 6.07) is 7.95. The van der Waals surface area contributed by atoms with Gasteiger partial charge >= 0.3 is 0 Å². The normalized spacial score (nSPS) is 28.2. The Morgan fingerprint density at radius 2 is 2.10 bits per heavy atom. The summed E-state index contributed by atoms with van der Waals surface area (Å²) in [5.41, 5.74) is 5.04. The summed E-state index contributed by atoms with van der Waals surface area (Å²) in [6.45, 7) is 4.30. The maximum Gasteiger partial charge on any atom is 0.111 e. The molecule has 0 amide bonds. The number of fused-ring (bicyclic) bond motifs is 2. The first-order chi connectivity index (χ1) is 9.70. The topological polar surface area (TPSA) is 40.7 Å². The van der Waals surface area contributed by atoms with Crippen molar-refractivity contribution in [2.45, 2.75) is 51.1 Å². The van der Waals surface area contributed by atoms with Crippen LogP contribution in [0.1, 0.15) is 42.1 Å². The second kappa shape index (κ2) is 4.45. The molecule has 2 aromatic rings. The Morgan fingerprint density at radius 3 is 2.80 bits per heavy atom. The molecule has 0 aliphatic carbocycles. The molecule has 2 aliphatic rings. The molecule has 0 radical (unpaired) electrons. The molecule has 2 N–H and O–H groups in total. The zero-order chi connectivity index (χ0) is 13.7. The molecule has 3 unspecified atom stereocenters. The molecule has 3 heteroatoms. The van der Waals surface area contributed by atoms with Crippen LogP contribution in [0.25, 0.3) is 11.3 Å². The van der Waals surface area contributed by atoms with Gasteiger partial charge in [-0.25, -0.2) is 4.98 Å². The standard InChI is InChI=1S/C17H21N3/c1-10-3-5-13(11(2)7-10)16-9-18-17(20-16)14-8-12-4-6-15(14)19-12/h3,5,7,9,12,14-15,19H,4,6,8H2,1-2H3,(H,18,20). The van der Waals surface area contributed by atoms with Crippen LogP contribution in [0.4, 0.5) is 0 Å². The highest BCUT2D eigenvalue weighted by Gasteiger charge is 2.41. The molecule has 2 aliphatic heterocycles. The molecule has 3 nitrogen and oxygen atoms in total. The minimum atomic E-state index is 0.577. The average Bonchev–Trinajstić information content (AvgIpc) is 3.14. The molecule has 4 rings (SSSR count). The van der Waals surface area contributed by atoms with E-state index in [4.69, 9.17) is 0 Å². The molecule has 1 aromatic carbocycles. The molecule has 2 fully saturated rings. The van der Waals surface area contributed by atoms with Crippen molar-refractivity contribution in [1.29, 1.82) is 0 Å². The van der Waals surface area contributed by atoms with Crippen molar-refractivity contribution in [3.05, 3.63) is 41.3 Å². The van der Waals surface area contributed by atoms with Crippen molar-refractivity contribution < 1.29 is 0 Å². The quantitative estimate of drug-likeness (QED) is 0.876. The Hall–Kier alpha value is -1.61. The van der Waals surface area contributed by atoms with Gasteiger partial charge in [-0.3, -0.25) is 0 Å². The summed E-state index contributed by atoms with van der Waals surface area (Å²) in [5.74, 6) is 1.74. The summed E-state index contributed by atoms with van der Waals surface area (Å²) in [5, 5.41) is 3.68. The monoisotopic (exact) mass is 267 g/mol. The van der Waals surface area contributed by atoms with Crippen molar-refractivity contribution in [1.82, 2.24) is 15.3 Å². The third-order valence-electron chi connectivity index (χ3n) is 4.92. The first-order valence-corrected chi connectivity index (χ1v) is 7.59. The van der Waals surface area contributed by atoms with Crippen molar-refractivity contribution in [3.63, 3.8) is 0 Å². The third-order valence-corrected chi connectivity index (χ3v) is 4.92. The summed E-state index contributed by atoms with van der Waals surface area (Å²) in [4.78, 5) is 8.23. The maximum absolute atomic E-state index is 4.66. The molecule has 1 aromatic heterocycles. The second-order valence-electron chi connectivity index (χ2n) is 6.39. The summed E-state index contributed by atoms with van der Waals surface area (Å²) < 4.78 is 0. The Bertz CT molecular complexity index is 643. The number of H-pyrrole nitrogens is 1. The van der Waals surface area contributed by atoms with Crippen molar-refractivity contribution in [2.75, 3.05) is 0 Å². The van der Waals surface area contributed by atoms with Gasteiger partial charge in [-0.2, -0.15) is 0 Å². The molecule has 3 heterocycles. The van der Waals surface area contributed by atoms with E-state index in [0.717, 1.165) is 11.7 Å². The van der Waals surface area contributed by atoms with Crippen LogP contribution in [-0.4, -0.2) is 22.1 Å². The van der Waals surface area contributed by atoms with Crippen molar-refractivity contribution in [3.8, 4) is 11.3 Å². The smallest absolute Gasteiger partial charge is 0.111 e.